The van der Waals surface area contributed by atoms with Crippen LogP contribution in [-0.2, 0) is 5.41 Å². The number of hydrogen-bond acceptors (Lipinski definition) is 3. The van der Waals surface area contributed by atoms with Crippen LogP contribution in [0, 0.1) is 33.1 Å². The molecular formula is C31H38N4. The van der Waals surface area contributed by atoms with Crippen LogP contribution in [0.25, 0.3) is 28.5 Å². The Morgan fingerprint density at radius 2 is 1.29 bits per heavy atom. The van der Waals surface area contributed by atoms with Crippen molar-refractivity contribution >= 4 is 0 Å². The third-order valence-corrected chi connectivity index (χ3v) is 6.44. The van der Waals surface area contributed by atoms with Crippen LogP contribution in [0.4, 0.5) is 0 Å². The van der Waals surface area contributed by atoms with Crippen LogP contribution in [0.1, 0.15) is 69.1 Å². The van der Waals surface area contributed by atoms with Gasteiger partial charge in [0.2, 0.25) is 0 Å². The molecule has 0 N–H and O–H groups in total. The predicted molar refractivity (Wildman–Crippen MR) is 146 cm³/mol. The summed E-state index contributed by atoms with van der Waals surface area (Å²) in [5.41, 5.74) is 9.18. The fourth-order valence-corrected chi connectivity index (χ4v) is 5.44. The molecule has 0 radical (unpaired) electrons. The van der Waals surface area contributed by atoms with Crippen molar-refractivity contribution in [2.45, 2.75) is 74.1 Å². The van der Waals surface area contributed by atoms with Crippen molar-refractivity contribution in [3.05, 3.63) is 82.7 Å². The number of pyridine rings is 1. The van der Waals surface area contributed by atoms with Crippen LogP contribution in [0.5, 0.6) is 0 Å². The lowest BCUT2D eigenvalue weighted by Gasteiger charge is -2.34. The van der Waals surface area contributed by atoms with Crippen LogP contribution in [0.15, 0.2) is 54.6 Å². The summed E-state index contributed by atoms with van der Waals surface area (Å²) >= 11 is 0. The fourth-order valence-electron chi connectivity index (χ4n) is 5.44. The molecular weight excluding hydrogens is 428 g/mol. The largest absolute Gasteiger partial charge is 0.258 e. The van der Waals surface area contributed by atoms with Crippen molar-refractivity contribution in [3.63, 3.8) is 0 Å². The molecule has 0 spiro atoms. The number of aryl methyl sites for hydroxylation is 4. The van der Waals surface area contributed by atoms with Crippen LogP contribution in [0.3, 0.4) is 0 Å². The van der Waals surface area contributed by atoms with E-state index < -0.39 is 0 Å². The Labute approximate surface area is 210 Å². The molecule has 4 heteroatoms. The van der Waals surface area contributed by atoms with Crippen LogP contribution in [-0.4, -0.2) is 19.7 Å². The lowest BCUT2D eigenvalue weighted by atomic mass is 9.71. The monoisotopic (exact) mass is 466 g/mol. The standard InChI is InChI=1S/C31H38N4/c1-20-15-26(31(8,9)19-30(5,6)7)16-21(2)27(20)35-29(24-13-11-10-12-14-24)33-28(34-35)25-17-22(3)32-23(4)18-25/h10-18H,19H2,1-9H3. The van der Waals surface area contributed by atoms with Gasteiger partial charge in [0.1, 0.15) is 0 Å². The highest BCUT2D eigenvalue weighted by Crippen LogP contribution is 2.38. The summed E-state index contributed by atoms with van der Waals surface area (Å²) in [4.78, 5) is 9.56. The molecule has 35 heavy (non-hydrogen) atoms. The Kier molecular flexibility index (Phi) is 6.44. The van der Waals surface area contributed by atoms with Crippen molar-refractivity contribution in [2.24, 2.45) is 5.41 Å². The predicted octanol–water partition coefficient (Wildman–Crippen LogP) is 7.94. The van der Waals surface area contributed by atoms with Gasteiger partial charge in [0.25, 0.3) is 0 Å². The molecule has 182 valence electrons. The SMILES string of the molecule is Cc1cc(-c2nc(-c3ccccc3)n(-c3c(C)cc(C(C)(C)CC(C)(C)C)cc3C)n2)cc(C)n1. The van der Waals surface area contributed by atoms with E-state index >= 15 is 0 Å². The number of rotatable bonds is 5. The average molecular weight is 467 g/mol. The average Bonchev–Trinajstić information content (AvgIpc) is 3.16. The van der Waals surface area contributed by atoms with Gasteiger partial charge < -0.3 is 0 Å². The van der Waals surface area contributed by atoms with Crippen molar-refractivity contribution in [3.8, 4) is 28.5 Å². The molecule has 4 nitrogen and oxygen atoms in total. The zero-order valence-electron chi connectivity index (χ0n) is 22.7. The lowest BCUT2D eigenvalue weighted by molar-refractivity contribution is 0.284. The number of nitrogens with zero attached hydrogens (tertiary/aromatic N) is 4. The summed E-state index contributed by atoms with van der Waals surface area (Å²) in [7, 11) is 0. The quantitative estimate of drug-likeness (QED) is 0.300. The molecule has 0 unspecified atom stereocenters. The first-order chi connectivity index (χ1) is 16.3. The Hall–Kier alpha value is -3.27. The molecule has 0 amide bonds. The number of aromatic nitrogens is 4. The van der Waals surface area contributed by atoms with Gasteiger partial charge >= 0.3 is 0 Å². The number of hydrogen-bond donors (Lipinski definition) is 0. The molecule has 4 rings (SSSR count). The molecule has 0 fully saturated rings. The molecule has 0 bridgehead atoms. The highest BCUT2D eigenvalue weighted by Gasteiger charge is 2.29. The molecule has 0 saturated carbocycles. The van der Waals surface area contributed by atoms with Gasteiger partial charge in [-0.05, 0) is 73.8 Å². The van der Waals surface area contributed by atoms with Gasteiger partial charge in [-0.3, -0.25) is 4.98 Å². The summed E-state index contributed by atoms with van der Waals surface area (Å²) < 4.78 is 2.03. The minimum atomic E-state index is 0.0776. The van der Waals surface area contributed by atoms with Crippen LogP contribution in [0.2, 0.25) is 0 Å². The van der Waals surface area contributed by atoms with Crippen molar-refractivity contribution in [1.29, 1.82) is 0 Å². The highest BCUT2D eigenvalue weighted by atomic mass is 15.4. The van der Waals surface area contributed by atoms with Gasteiger partial charge in [-0.15, -0.1) is 5.10 Å². The molecule has 0 atom stereocenters. The van der Waals surface area contributed by atoms with Gasteiger partial charge in [0.05, 0.1) is 5.69 Å². The minimum Gasteiger partial charge on any atom is -0.258 e. The summed E-state index contributed by atoms with van der Waals surface area (Å²) in [5, 5.41) is 5.06. The van der Waals surface area contributed by atoms with E-state index in [1.54, 1.807) is 0 Å². The Morgan fingerprint density at radius 3 is 1.83 bits per heavy atom. The third kappa shape index (κ3) is 5.37. The number of benzene rings is 2. The zero-order chi connectivity index (χ0) is 25.5. The summed E-state index contributed by atoms with van der Waals surface area (Å²) in [5.74, 6) is 1.56. The summed E-state index contributed by atoms with van der Waals surface area (Å²) in [6.45, 7) is 20.0. The molecule has 0 aliphatic rings. The Morgan fingerprint density at radius 1 is 0.714 bits per heavy atom. The van der Waals surface area contributed by atoms with E-state index in [1.807, 2.05) is 36.7 Å². The summed E-state index contributed by atoms with van der Waals surface area (Å²) in [6.07, 6.45) is 1.11. The first-order valence-electron chi connectivity index (χ1n) is 12.4. The van der Waals surface area contributed by atoms with Crippen molar-refractivity contribution < 1.29 is 0 Å². The van der Waals surface area contributed by atoms with Gasteiger partial charge in [0, 0.05) is 22.5 Å². The summed E-state index contributed by atoms with van der Waals surface area (Å²) in [6, 6.07) is 19.1. The normalized spacial score (nSPS) is 12.3. The molecule has 2 heterocycles. The first kappa shape index (κ1) is 24.8. The minimum absolute atomic E-state index is 0.0776. The molecule has 2 aromatic heterocycles. The van der Waals surface area contributed by atoms with Crippen LogP contribution < -0.4 is 0 Å². The lowest BCUT2D eigenvalue weighted by Crippen LogP contribution is -2.25. The van der Waals surface area contributed by atoms with E-state index in [1.165, 1.54) is 16.7 Å². The Bertz CT molecular complexity index is 1310. The topological polar surface area (TPSA) is 43.6 Å². The zero-order valence-corrected chi connectivity index (χ0v) is 22.7. The Balaban J connectivity index is 1.90. The van der Waals surface area contributed by atoms with E-state index in [4.69, 9.17) is 10.1 Å². The van der Waals surface area contributed by atoms with E-state index in [2.05, 4.69) is 89.8 Å². The van der Waals surface area contributed by atoms with E-state index in [0.717, 1.165) is 40.4 Å². The highest BCUT2D eigenvalue weighted by molar-refractivity contribution is 5.66. The van der Waals surface area contributed by atoms with Crippen LogP contribution >= 0.6 is 0 Å². The van der Waals surface area contributed by atoms with Gasteiger partial charge in [-0.2, -0.15) is 0 Å². The fraction of sp³-hybridized carbons (Fsp3) is 0.387. The first-order valence-corrected chi connectivity index (χ1v) is 12.4. The second kappa shape index (κ2) is 9.07. The molecule has 0 aliphatic carbocycles. The van der Waals surface area contributed by atoms with Gasteiger partial charge in [-0.1, -0.05) is 77.1 Å². The van der Waals surface area contributed by atoms with Crippen molar-refractivity contribution in [1.82, 2.24) is 19.7 Å². The third-order valence-electron chi connectivity index (χ3n) is 6.44. The second-order valence-corrected chi connectivity index (χ2v) is 11.8. The molecule has 0 aliphatic heterocycles. The van der Waals surface area contributed by atoms with E-state index in [-0.39, 0.29) is 10.8 Å². The molecule has 4 aromatic rings. The van der Waals surface area contributed by atoms with Crippen molar-refractivity contribution in [2.75, 3.05) is 0 Å². The molecule has 0 saturated heterocycles. The maximum absolute atomic E-state index is 5.06. The van der Waals surface area contributed by atoms with Gasteiger partial charge in [0.15, 0.2) is 11.6 Å². The van der Waals surface area contributed by atoms with Gasteiger partial charge in [-0.25, -0.2) is 9.67 Å². The maximum Gasteiger partial charge on any atom is 0.182 e. The van der Waals surface area contributed by atoms with E-state index in [9.17, 15) is 0 Å². The second-order valence-electron chi connectivity index (χ2n) is 11.8. The van der Waals surface area contributed by atoms with E-state index in [0.29, 0.717) is 5.82 Å². The maximum atomic E-state index is 5.06. The smallest absolute Gasteiger partial charge is 0.182 e. The molecule has 2 aromatic carbocycles.